The van der Waals surface area contributed by atoms with Crippen LogP contribution in [0.5, 0.6) is 0 Å². The van der Waals surface area contributed by atoms with Gasteiger partial charge in [-0.2, -0.15) is 0 Å². The molecule has 5 heteroatoms. The van der Waals surface area contributed by atoms with Gasteiger partial charge in [0.05, 0.1) is 23.7 Å². The molecule has 4 N–H and O–H groups in total. The normalized spacial score (nSPS) is 57.7. The van der Waals surface area contributed by atoms with Crippen LogP contribution in [0, 0.1) is 50.7 Å². The minimum atomic E-state index is -1.04. The van der Waals surface area contributed by atoms with E-state index >= 15 is 0 Å². The monoisotopic (exact) mass is 488 g/mol. The number of carboxylic acids is 1. The predicted molar refractivity (Wildman–Crippen MR) is 135 cm³/mol. The van der Waals surface area contributed by atoms with Crippen molar-refractivity contribution in [2.45, 2.75) is 111 Å². The van der Waals surface area contributed by atoms with E-state index in [9.17, 15) is 25.2 Å². The van der Waals surface area contributed by atoms with Gasteiger partial charge in [0, 0.05) is 11.3 Å². The minimum Gasteiger partial charge on any atom is -0.481 e. The second-order valence-corrected chi connectivity index (χ2v) is 14.6. The maximum Gasteiger partial charge on any atom is 0.310 e. The van der Waals surface area contributed by atoms with Gasteiger partial charge in [-0.3, -0.25) is 4.79 Å². The van der Waals surface area contributed by atoms with Crippen LogP contribution >= 0.6 is 0 Å². The molecule has 4 fully saturated rings. The summed E-state index contributed by atoms with van der Waals surface area (Å²) < 4.78 is 0. The number of rotatable bonds is 2. The molecular formula is C30H48O5. The van der Waals surface area contributed by atoms with Crippen LogP contribution in [-0.2, 0) is 4.79 Å². The summed E-state index contributed by atoms with van der Waals surface area (Å²) in [4.78, 5) is 12.8. The third-order valence-corrected chi connectivity index (χ3v) is 13.6. The van der Waals surface area contributed by atoms with Gasteiger partial charge in [0.1, 0.15) is 0 Å². The molecule has 0 heterocycles. The van der Waals surface area contributed by atoms with Gasteiger partial charge in [0.2, 0.25) is 0 Å². The second-order valence-electron chi connectivity index (χ2n) is 14.6. The molecule has 4 saturated carbocycles. The third-order valence-electron chi connectivity index (χ3n) is 13.6. The number of hydrogen-bond donors (Lipinski definition) is 4. The SMILES string of the molecule is C[C@H]1CC[C@@]2(C(=O)O)CC[C@]3(C)C(=CC[C@H]4[C@@]5(C)CC[C@H](O)[C@@](C)(CO)[C@@H]5CC[C@@]43C)[C@@H]2[C@@]1(C)O. The average Bonchev–Trinajstić information content (AvgIpc) is 2.79. The fraction of sp³-hybridized carbons (Fsp3) is 0.900. The van der Waals surface area contributed by atoms with Crippen molar-refractivity contribution in [3.05, 3.63) is 11.6 Å². The van der Waals surface area contributed by atoms with Crippen LogP contribution in [-0.4, -0.2) is 44.7 Å². The summed E-state index contributed by atoms with van der Waals surface area (Å²) in [6, 6.07) is 0. The topological polar surface area (TPSA) is 98.0 Å². The molecule has 0 aromatic carbocycles. The standard InChI is InChI=1S/C30H48O5/c1-18-9-14-30(24(33)34)16-15-27(4)19(23(30)29(18,6)35)7-8-21-25(2)12-11-22(32)26(3,17-31)20(25)10-13-28(21,27)5/h7,18,20-23,31-32,35H,8-17H2,1-6H3,(H,33,34)/t18-,20+,21-,22-,23+,25-,26-,27+,28-,29-,30+/m0/s1. The molecule has 0 aromatic heterocycles. The highest BCUT2D eigenvalue weighted by atomic mass is 16.4. The quantitative estimate of drug-likeness (QED) is 0.402. The molecule has 5 rings (SSSR count). The molecular weight excluding hydrogens is 440 g/mol. The van der Waals surface area contributed by atoms with E-state index in [1.54, 1.807) is 0 Å². The molecule has 0 unspecified atom stereocenters. The maximum absolute atomic E-state index is 12.8. The predicted octanol–water partition coefficient (Wildman–Crippen LogP) is 5.18. The molecule has 0 aromatic rings. The van der Waals surface area contributed by atoms with Crippen molar-refractivity contribution in [2.75, 3.05) is 6.61 Å². The van der Waals surface area contributed by atoms with Gasteiger partial charge in [-0.05, 0) is 98.7 Å². The van der Waals surface area contributed by atoms with E-state index in [0.29, 0.717) is 18.8 Å². The lowest BCUT2D eigenvalue weighted by molar-refractivity contribution is -0.225. The van der Waals surface area contributed by atoms with Crippen LogP contribution in [0.3, 0.4) is 0 Å². The molecule has 0 saturated heterocycles. The van der Waals surface area contributed by atoms with Crippen molar-refractivity contribution in [2.24, 2.45) is 50.7 Å². The van der Waals surface area contributed by atoms with Gasteiger partial charge in [-0.15, -0.1) is 0 Å². The fourth-order valence-corrected chi connectivity index (χ4v) is 10.9. The lowest BCUT2D eigenvalue weighted by atomic mass is 9.33. The zero-order chi connectivity index (χ0) is 25.8. The number of carboxylic acid groups (broad SMARTS) is 1. The molecule has 0 bridgehead atoms. The average molecular weight is 489 g/mol. The Morgan fingerprint density at radius 2 is 1.66 bits per heavy atom. The van der Waals surface area contributed by atoms with Gasteiger partial charge in [0.25, 0.3) is 0 Å². The van der Waals surface area contributed by atoms with E-state index in [2.05, 4.69) is 40.7 Å². The number of fused-ring (bicyclic) bond motifs is 7. The van der Waals surface area contributed by atoms with E-state index in [-0.39, 0.29) is 40.6 Å². The lowest BCUT2D eigenvalue weighted by Gasteiger charge is -2.71. The highest BCUT2D eigenvalue weighted by Crippen LogP contribution is 2.76. The first-order valence-corrected chi connectivity index (χ1v) is 14.1. The largest absolute Gasteiger partial charge is 0.481 e. The molecule has 11 atom stereocenters. The van der Waals surface area contributed by atoms with Crippen LogP contribution in [0.25, 0.3) is 0 Å². The summed E-state index contributed by atoms with van der Waals surface area (Å²) in [6.45, 7) is 13.3. The molecule has 5 aliphatic carbocycles. The first-order chi connectivity index (χ1) is 16.1. The Labute approximate surface area is 211 Å². The summed E-state index contributed by atoms with van der Waals surface area (Å²) >= 11 is 0. The first kappa shape index (κ1) is 25.7. The molecule has 0 spiro atoms. The number of aliphatic carboxylic acids is 1. The van der Waals surface area contributed by atoms with Crippen molar-refractivity contribution < 1.29 is 25.2 Å². The fourth-order valence-electron chi connectivity index (χ4n) is 10.9. The number of carbonyl (C=O) groups is 1. The van der Waals surface area contributed by atoms with Crippen molar-refractivity contribution in [1.82, 2.24) is 0 Å². The molecule has 35 heavy (non-hydrogen) atoms. The zero-order valence-corrected chi connectivity index (χ0v) is 22.7. The molecule has 0 radical (unpaired) electrons. The van der Waals surface area contributed by atoms with Gasteiger partial charge < -0.3 is 20.4 Å². The van der Waals surface area contributed by atoms with Crippen LogP contribution < -0.4 is 0 Å². The second kappa shape index (κ2) is 7.57. The van der Waals surface area contributed by atoms with E-state index in [1.165, 1.54) is 5.57 Å². The Bertz CT molecular complexity index is 941. The number of aliphatic hydroxyl groups is 3. The molecule has 198 valence electrons. The smallest absolute Gasteiger partial charge is 0.310 e. The number of allylic oxidation sites excluding steroid dienone is 1. The van der Waals surface area contributed by atoms with Crippen molar-refractivity contribution in [3.63, 3.8) is 0 Å². The van der Waals surface area contributed by atoms with E-state index < -0.39 is 28.5 Å². The summed E-state index contributed by atoms with van der Waals surface area (Å²) in [5.74, 6) is -0.356. The maximum atomic E-state index is 12.8. The van der Waals surface area contributed by atoms with E-state index in [1.807, 2.05) is 6.92 Å². The van der Waals surface area contributed by atoms with Crippen molar-refractivity contribution >= 4 is 5.97 Å². The van der Waals surface area contributed by atoms with Crippen LogP contribution in [0.4, 0.5) is 0 Å². The molecule has 0 amide bonds. The summed E-state index contributed by atoms with van der Waals surface area (Å²) in [7, 11) is 0. The Balaban J connectivity index is 1.64. The van der Waals surface area contributed by atoms with Gasteiger partial charge in [0.15, 0.2) is 0 Å². The Morgan fingerprint density at radius 1 is 0.971 bits per heavy atom. The number of aliphatic hydroxyl groups excluding tert-OH is 2. The first-order valence-electron chi connectivity index (χ1n) is 14.1. The van der Waals surface area contributed by atoms with Crippen LogP contribution in [0.1, 0.15) is 99.3 Å². The lowest BCUT2D eigenvalue weighted by Crippen LogP contribution is -2.68. The summed E-state index contributed by atoms with van der Waals surface area (Å²) in [5, 5.41) is 43.8. The highest BCUT2D eigenvalue weighted by molar-refractivity contribution is 5.77. The molecule has 5 aliphatic rings. The van der Waals surface area contributed by atoms with Gasteiger partial charge in [-0.25, -0.2) is 0 Å². The van der Waals surface area contributed by atoms with Gasteiger partial charge in [-0.1, -0.05) is 46.3 Å². The third kappa shape index (κ3) is 2.90. The van der Waals surface area contributed by atoms with Gasteiger partial charge >= 0.3 is 5.97 Å². The molecule has 0 aliphatic heterocycles. The molecule has 5 nitrogen and oxygen atoms in total. The van der Waals surface area contributed by atoms with Crippen molar-refractivity contribution in [1.29, 1.82) is 0 Å². The number of hydrogen-bond acceptors (Lipinski definition) is 4. The summed E-state index contributed by atoms with van der Waals surface area (Å²) in [6.07, 6.45) is 9.32. The Morgan fingerprint density at radius 3 is 2.29 bits per heavy atom. The van der Waals surface area contributed by atoms with E-state index in [0.717, 1.165) is 44.9 Å². The summed E-state index contributed by atoms with van der Waals surface area (Å²) in [5.41, 5.74) is -1.35. The van der Waals surface area contributed by atoms with E-state index in [4.69, 9.17) is 0 Å². The Kier molecular flexibility index (Phi) is 5.56. The highest BCUT2D eigenvalue weighted by Gasteiger charge is 2.71. The van der Waals surface area contributed by atoms with Crippen LogP contribution in [0.2, 0.25) is 0 Å². The Hall–Kier alpha value is -0.910. The zero-order valence-electron chi connectivity index (χ0n) is 22.7. The van der Waals surface area contributed by atoms with Crippen molar-refractivity contribution in [3.8, 4) is 0 Å². The minimum absolute atomic E-state index is 0.0115. The van der Waals surface area contributed by atoms with Crippen LogP contribution in [0.15, 0.2) is 11.6 Å².